The number of halogens is 2. The van der Waals surface area contributed by atoms with E-state index in [4.69, 9.17) is 28.2 Å². The minimum atomic E-state index is -0.0730. The third-order valence-corrected chi connectivity index (χ3v) is 6.56. The average Bonchev–Trinajstić information content (AvgIpc) is 3.19. The molecule has 2 aromatic carbocycles. The van der Waals surface area contributed by atoms with Gasteiger partial charge in [-0.05, 0) is 42.5 Å². The fourth-order valence-corrected chi connectivity index (χ4v) is 4.99. The lowest BCUT2D eigenvalue weighted by molar-refractivity contribution is 0.443. The highest BCUT2D eigenvalue weighted by Gasteiger charge is 2.24. The Bertz CT molecular complexity index is 1010. The second kappa shape index (κ2) is 7.89. The summed E-state index contributed by atoms with van der Waals surface area (Å²) in [6.45, 7) is 0. The van der Waals surface area contributed by atoms with E-state index in [-0.39, 0.29) is 6.17 Å². The van der Waals surface area contributed by atoms with Crippen molar-refractivity contribution in [1.29, 1.82) is 0 Å². The number of benzene rings is 2. The molecule has 2 N–H and O–H groups in total. The minimum absolute atomic E-state index is 0.0730. The molecule has 1 aromatic heterocycles. The molecule has 3 aromatic rings. The molecule has 5 heteroatoms. The quantitative estimate of drug-likeness (QED) is 0.454. The zero-order valence-corrected chi connectivity index (χ0v) is 17.6. The molecule has 1 aliphatic heterocycles. The Balaban J connectivity index is 1.31. The van der Waals surface area contributed by atoms with Crippen LogP contribution in [0.1, 0.15) is 55.3 Å². The van der Waals surface area contributed by atoms with E-state index in [1.54, 1.807) is 6.07 Å². The van der Waals surface area contributed by atoms with Crippen LogP contribution in [0.4, 0.5) is 11.4 Å². The summed E-state index contributed by atoms with van der Waals surface area (Å²) >= 11 is 12.4. The van der Waals surface area contributed by atoms with Crippen molar-refractivity contribution in [2.75, 3.05) is 10.6 Å². The van der Waals surface area contributed by atoms with Gasteiger partial charge in [-0.3, -0.25) is 4.98 Å². The molecule has 1 atom stereocenters. The van der Waals surface area contributed by atoms with Crippen molar-refractivity contribution >= 4 is 34.6 Å². The molecule has 148 valence electrons. The number of aromatic nitrogens is 1. The van der Waals surface area contributed by atoms with Crippen LogP contribution < -0.4 is 10.6 Å². The average molecular weight is 424 g/mol. The molecule has 0 bridgehead atoms. The number of anilines is 2. The summed E-state index contributed by atoms with van der Waals surface area (Å²) in [7, 11) is 0. The molecule has 0 saturated heterocycles. The monoisotopic (exact) mass is 423 g/mol. The first kappa shape index (κ1) is 18.8. The zero-order chi connectivity index (χ0) is 19.8. The molecule has 1 aliphatic carbocycles. The van der Waals surface area contributed by atoms with Gasteiger partial charge in [-0.2, -0.15) is 0 Å². The molecule has 0 amide bonds. The van der Waals surface area contributed by atoms with Gasteiger partial charge in [0.15, 0.2) is 0 Å². The van der Waals surface area contributed by atoms with Crippen molar-refractivity contribution in [2.45, 2.75) is 44.2 Å². The maximum absolute atomic E-state index is 6.30. The predicted octanol–water partition coefficient (Wildman–Crippen LogP) is 7.64. The maximum Gasteiger partial charge on any atom is 0.125 e. The van der Waals surface area contributed by atoms with Crippen LogP contribution in [-0.4, -0.2) is 4.98 Å². The van der Waals surface area contributed by atoms with E-state index in [2.05, 4.69) is 47.0 Å². The van der Waals surface area contributed by atoms with E-state index in [1.165, 1.54) is 37.7 Å². The Labute approximate surface area is 181 Å². The van der Waals surface area contributed by atoms with Crippen LogP contribution in [0.15, 0.2) is 54.7 Å². The third kappa shape index (κ3) is 3.82. The molecule has 5 rings (SSSR count). The topological polar surface area (TPSA) is 37.0 Å². The summed E-state index contributed by atoms with van der Waals surface area (Å²) in [5.74, 6) is 0.731. The van der Waals surface area contributed by atoms with Gasteiger partial charge in [0.25, 0.3) is 0 Å². The Morgan fingerprint density at radius 2 is 1.59 bits per heavy atom. The summed E-state index contributed by atoms with van der Waals surface area (Å²) < 4.78 is 0. The van der Waals surface area contributed by atoms with E-state index in [9.17, 15) is 0 Å². The molecular formula is C24H23Cl2N3. The molecule has 29 heavy (non-hydrogen) atoms. The van der Waals surface area contributed by atoms with E-state index in [0.29, 0.717) is 10.0 Å². The number of nitrogens with zero attached hydrogens (tertiary/aromatic N) is 1. The largest absolute Gasteiger partial charge is 0.360 e. The van der Waals surface area contributed by atoms with Crippen LogP contribution in [0.25, 0.3) is 11.3 Å². The van der Waals surface area contributed by atoms with Crippen molar-refractivity contribution in [3.8, 4) is 11.3 Å². The maximum atomic E-state index is 6.30. The lowest BCUT2D eigenvalue weighted by Crippen LogP contribution is -2.12. The third-order valence-electron chi connectivity index (χ3n) is 6.05. The molecule has 0 radical (unpaired) electrons. The molecule has 1 saturated carbocycles. The number of pyridine rings is 1. The molecule has 2 aliphatic rings. The highest BCUT2D eigenvalue weighted by molar-refractivity contribution is 6.37. The first-order valence-electron chi connectivity index (χ1n) is 10.3. The smallest absolute Gasteiger partial charge is 0.125 e. The van der Waals surface area contributed by atoms with Gasteiger partial charge < -0.3 is 10.6 Å². The van der Waals surface area contributed by atoms with E-state index >= 15 is 0 Å². The van der Waals surface area contributed by atoms with Gasteiger partial charge in [-0.25, -0.2) is 0 Å². The Hall–Kier alpha value is -2.23. The fourth-order valence-electron chi connectivity index (χ4n) is 4.45. The minimum Gasteiger partial charge on any atom is -0.360 e. The fraction of sp³-hybridized carbons (Fsp3) is 0.292. The van der Waals surface area contributed by atoms with Crippen LogP contribution in [-0.2, 0) is 0 Å². The highest BCUT2D eigenvalue weighted by Crippen LogP contribution is 2.42. The van der Waals surface area contributed by atoms with Gasteiger partial charge in [0.2, 0.25) is 0 Å². The lowest BCUT2D eigenvalue weighted by atomic mass is 9.84. The number of nitrogens with one attached hydrogen (secondary N) is 2. The van der Waals surface area contributed by atoms with Gasteiger partial charge in [-0.15, -0.1) is 0 Å². The molecule has 0 spiro atoms. The number of hydrogen-bond acceptors (Lipinski definition) is 3. The van der Waals surface area contributed by atoms with Gasteiger partial charge in [-0.1, -0.05) is 72.8 Å². The van der Waals surface area contributed by atoms with E-state index in [0.717, 1.165) is 34.1 Å². The molecule has 1 fully saturated rings. The summed E-state index contributed by atoms with van der Waals surface area (Å²) in [5, 5.41) is 8.06. The first-order valence-corrected chi connectivity index (χ1v) is 11.0. The predicted molar refractivity (Wildman–Crippen MR) is 122 cm³/mol. The van der Waals surface area contributed by atoms with Crippen molar-refractivity contribution in [3.05, 3.63) is 75.9 Å². The summed E-state index contributed by atoms with van der Waals surface area (Å²) in [5.41, 5.74) is 6.45. The van der Waals surface area contributed by atoms with E-state index in [1.807, 2.05) is 12.3 Å². The number of fused-ring (bicyclic) bond motifs is 1. The summed E-state index contributed by atoms with van der Waals surface area (Å²) in [4.78, 5) is 4.70. The van der Waals surface area contributed by atoms with Gasteiger partial charge in [0.1, 0.15) is 6.17 Å². The van der Waals surface area contributed by atoms with Crippen LogP contribution in [0.3, 0.4) is 0 Å². The van der Waals surface area contributed by atoms with Crippen LogP contribution in [0.2, 0.25) is 10.0 Å². The summed E-state index contributed by atoms with van der Waals surface area (Å²) in [6, 6.07) is 16.8. The normalized spacial score (nSPS) is 18.8. The Morgan fingerprint density at radius 3 is 2.31 bits per heavy atom. The Morgan fingerprint density at radius 1 is 0.828 bits per heavy atom. The van der Waals surface area contributed by atoms with Crippen molar-refractivity contribution in [3.63, 3.8) is 0 Å². The van der Waals surface area contributed by atoms with Crippen LogP contribution in [0, 0.1) is 0 Å². The van der Waals surface area contributed by atoms with Crippen molar-refractivity contribution < 1.29 is 0 Å². The molecule has 2 heterocycles. The zero-order valence-electron chi connectivity index (χ0n) is 16.1. The molecule has 1 unspecified atom stereocenters. The number of rotatable bonds is 3. The van der Waals surface area contributed by atoms with Gasteiger partial charge in [0.05, 0.1) is 22.1 Å². The molecular weight excluding hydrogens is 401 g/mol. The lowest BCUT2D eigenvalue weighted by Gasteiger charge is -2.22. The van der Waals surface area contributed by atoms with Crippen LogP contribution >= 0.6 is 23.2 Å². The second-order valence-corrected chi connectivity index (χ2v) is 8.81. The van der Waals surface area contributed by atoms with Crippen molar-refractivity contribution in [1.82, 2.24) is 4.98 Å². The van der Waals surface area contributed by atoms with Crippen LogP contribution in [0.5, 0.6) is 0 Å². The second-order valence-electron chi connectivity index (χ2n) is 7.97. The highest BCUT2D eigenvalue weighted by atomic mass is 35.5. The standard InChI is InChI=1S/C24H23Cl2N3/c25-19-12-20(26)23-22(13-19)28-24(29-23)18-10-11-21(27-14-18)17-8-6-16(7-9-17)15-4-2-1-3-5-15/h6-15,24,28-29H,1-5H2. The SMILES string of the molecule is Clc1cc(Cl)c2c(c1)NC(c1ccc(-c3ccc(C4CCCCC4)cc3)nc1)N2. The van der Waals surface area contributed by atoms with Crippen molar-refractivity contribution in [2.24, 2.45) is 0 Å². The molecule has 3 nitrogen and oxygen atoms in total. The van der Waals surface area contributed by atoms with Gasteiger partial charge >= 0.3 is 0 Å². The first-order chi connectivity index (χ1) is 14.2. The van der Waals surface area contributed by atoms with E-state index < -0.39 is 0 Å². The number of hydrogen-bond donors (Lipinski definition) is 2. The Kier molecular flexibility index (Phi) is 5.11. The summed E-state index contributed by atoms with van der Waals surface area (Å²) in [6.07, 6.45) is 8.60. The van der Waals surface area contributed by atoms with Gasteiger partial charge in [0, 0.05) is 22.3 Å².